The molecule has 0 saturated heterocycles. The van der Waals surface area contributed by atoms with Crippen LogP contribution in [-0.4, -0.2) is 68.8 Å². The van der Waals surface area contributed by atoms with Crippen molar-refractivity contribution in [2.24, 2.45) is 0 Å². The van der Waals surface area contributed by atoms with Gasteiger partial charge in [0.1, 0.15) is 43.8 Å². The molecule has 284 valence electrons. The van der Waals surface area contributed by atoms with Crippen LogP contribution in [0.15, 0.2) is 94.7 Å². The van der Waals surface area contributed by atoms with Crippen LogP contribution in [0.2, 0.25) is 0 Å². The predicted octanol–water partition coefficient (Wildman–Crippen LogP) is 9.31. The molecule has 13 heteroatoms. The van der Waals surface area contributed by atoms with Crippen LogP contribution >= 0.6 is 0 Å². The van der Waals surface area contributed by atoms with E-state index in [9.17, 15) is 36.2 Å². The second kappa shape index (κ2) is 23.8. The summed E-state index contributed by atoms with van der Waals surface area (Å²) < 4.78 is 79.1. The van der Waals surface area contributed by atoms with Crippen molar-refractivity contribution < 1.29 is 45.6 Å². The Balaban J connectivity index is 0.000000360. The zero-order valence-electron chi connectivity index (χ0n) is 30.7. The van der Waals surface area contributed by atoms with E-state index in [1.165, 1.54) is 31.0 Å². The van der Waals surface area contributed by atoms with Gasteiger partial charge in [0, 0.05) is 17.7 Å². The van der Waals surface area contributed by atoms with E-state index in [4.69, 9.17) is 9.47 Å². The van der Waals surface area contributed by atoms with Gasteiger partial charge in [-0.1, -0.05) is 114 Å². The van der Waals surface area contributed by atoms with E-state index in [0.29, 0.717) is 24.3 Å². The van der Waals surface area contributed by atoms with Crippen molar-refractivity contribution >= 4 is 58.0 Å². The van der Waals surface area contributed by atoms with Crippen LogP contribution in [0.1, 0.15) is 102 Å². The normalized spacial score (nSPS) is 11.2. The molecule has 4 aromatic carbocycles. The summed E-state index contributed by atoms with van der Waals surface area (Å²) in [6, 6.07) is 22.6. The minimum Gasteiger partial charge on any atom is -0.872 e. The molecule has 0 unspecified atom stereocenters. The van der Waals surface area contributed by atoms with E-state index >= 15 is 0 Å². The van der Waals surface area contributed by atoms with Gasteiger partial charge < -0.3 is 24.2 Å². The quantitative estimate of drug-likeness (QED) is 0.0499. The van der Waals surface area contributed by atoms with E-state index in [0.717, 1.165) is 63.9 Å². The Morgan fingerprint density at radius 1 is 0.566 bits per heavy atom. The summed E-state index contributed by atoms with van der Waals surface area (Å²) in [5.74, 6) is 0.540. The van der Waals surface area contributed by atoms with Crippen molar-refractivity contribution in [3.63, 3.8) is 0 Å². The van der Waals surface area contributed by atoms with Crippen LogP contribution in [0, 0.1) is 0 Å². The Labute approximate surface area is 345 Å². The Morgan fingerprint density at radius 3 is 1.43 bits per heavy atom. The molecule has 2 N–H and O–H groups in total. The number of unbranched alkanes of at least 4 members (excludes halogenated alkanes) is 10. The number of hydrogen-bond acceptors (Lipinski definition) is 9. The zero-order chi connectivity index (χ0) is 38.0. The number of phenolic OH excluding ortho intramolecular Hbond substituents is 1. The fourth-order valence-corrected chi connectivity index (χ4v) is 7.23. The van der Waals surface area contributed by atoms with E-state index in [1.807, 2.05) is 12.1 Å². The SMILES string of the molecule is CCCCCCCCc1c(O)cc(Oc2ccccc2)cc1S(=O)(=O)O.CCCCCCCCc1c([O-])cc(Oc2ccccc2)cc1S(=O)(=O)[O-].[Ca+2]. The maximum Gasteiger partial charge on any atom is 2.00 e. The van der Waals surface area contributed by atoms with E-state index in [1.54, 1.807) is 48.5 Å². The molecular weight excluding hydrogens is 745 g/mol. The predicted molar refractivity (Wildman–Crippen MR) is 205 cm³/mol. The van der Waals surface area contributed by atoms with Crippen molar-refractivity contribution in [2.45, 2.75) is 114 Å². The van der Waals surface area contributed by atoms with Crippen LogP contribution in [0.3, 0.4) is 0 Å². The molecule has 10 nitrogen and oxygen atoms in total. The van der Waals surface area contributed by atoms with Gasteiger partial charge in [-0.15, -0.1) is 5.75 Å². The van der Waals surface area contributed by atoms with Crippen molar-refractivity contribution in [3.8, 4) is 34.5 Å². The van der Waals surface area contributed by atoms with Gasteiger partial charge in [0.25, 0.3) is 10.1 Å². The number of aromatic hydroxyl groups is 1. The Bertz CT molecular complexity index is 1750. The van der Waals surface area contributed by atoms with Gasteiger partial charge in [0.15, 0.2) is 0 Å². The van der Waals surface area contributed by atoms with Gasteiger partial charge in [-0.2, -0.15) is 8.42 Å². The number of ether oxygens (including phenoxy) is 2. The molecule has 0 heterocycles. The van der Waals surface area contributed by atoms with Crippen LogP contribution in [0.25, 0.3) is 0 Å². The third-order valence-corrected chi connectivity index (χ3v) is 10.2. The molecular formula is C40H50CaO10S2. The first kappa shape index (κ1) is 46.3. The molecule has 0 amide bonds. The average Bonchev–Trinajstić information content (AvgIpc) is 3.09. The average molecular weight is 795 g/mol. The molecule has 0 radical (unpaired) electrons. The first-order chi connectivity index (χ1) is 24.8. The molecule has 0 aliphatic carbocycles. The van der Waals surface area contributed by atoms with E-state index in [2.05, 4.69) is 13.8 Å². The first-order valence-corrected chi connectivity index (χ1v) is 20.8. The number of hydrogen-bond donors (Lipinski definition) is 2. The molecule has 0 aromatic heterocycles. The maximum absolute atomic E-state index is 12.4. The number of benzene rings is 4. The van der Waals surface area contributed by atoms with Gasteiger partial charge in [-0.3, -0.25) is 4.55 Å². The number of para-hydroxylation sites is 2. The molecule has 53 heavy (non-hydrogen) atoms. The summed E-state index contributed by atoms with van der Waals surface area (Å²) in [6.45, 7) is 4.28. The van der Waals surface area contributed by atoms with Gasteiger partial charge in [-0.05, 0) is 67.6 Å². The molecule has 0 atom stereocenters. The first-order valence-electron chi connectivity index (χ1n) is 17.9. The maximum atomic E-state index is 12.4. The van der Waals surface area contributed by atoms with Crippen LogP contribution in [-0.2, 0) is 33.1 Å². The zero-order valence-corrected chi connectivity index (χ0v) is 34.5. The summed E-state index contributed by atoms with van der Waals surface area (Å²) in [5, 5.41) is 22.7. The summed E-state index contributed by atoms with van der Waals surface area (Å²) in [7, 11) is -9.21. The van der Waals surface area contributed by atoms with Crippen LogP contribution in [0.4, 0.5) is 0 Å². The minimum absolute atomic E-state index is 0. The van der Waals surface area contributed by atoms with Crippen molar-refractivity contribution in [3.05, 3.63) is 96.1 Å². The molecule has 0 aliphatic rings. The van der Waals surface area contributed by atoms with Crippen molar-refractivity contribution in [1.82, 2.24) is 0 Å². The van der Waals surface area contributed by atoms with E-state index in [-0.39, 0.29) is 77.4 Å². The van der Waals surface area contributed by atoms with E-state index < -0.39 is 30.9 Å². The van der Waals surface area contributed by atoms with Crippen LogP contribution < -0.4 is 14.6 Å². The smallest absolute Gasteiger partial charge is 0.872 e. The summed E-state index contributed by atoms with van der Waals surface area (Å²) in [5.41, 5.74) is 0.305. The molecule has 4 rings (SSSR count). The fraction of sp³-hybridized carbons (Fsp3) is 0.400. The topological polar surface area (TPSA) is 173 Å². The standard InChI is InChI=1S/2C20H26O5S.Ca/c2*1-2-3-4-5-6-10-13-18-19(21)14-17(15-20(18)26(22,23)24)25-16-11-8-7-9-12-16;/h2*7-9,11-12,14-15,21H,2-6,10,13H2,1H3,(H,22,23,24);/q;;+2/p-2. The Morgan fingerprint density at radius 2 is 0.981 bits per heavy atom. The second-order valence-electron chi connectivity index (χ2n) is 12.6. The molecule has 0 aliphatic heterocycles. The Hall–Kier alpha value is -2.84. The largest absolute Gasteiger partial charge is 2.00 e. The minimum atomic E-state index is -4.75. The summed E-state index contributed by atoms with van der Waals surface area (Å²) in [6.07, 6.45) is 13.0. The Kier molecular flexibility index (Phi) is 20.8. The van der Waals surface area contributed by atoms with Gasteiger partial charge in [0.05, 0.1) is 4.90 Å². The van der Waals surface area contributed by atoms with Crippen molar-refractivity contribution in [1.29, 1.82) is 0 Å². The van der Waals surface area contributed by atoms with Gasteiger partial charge in [0.2, 0.25) is 0 Å². The second-order valence-corrected chi connectivity index (χ2v) is 15.4. The third-order valence-electron chi connectivity index (χ3n) is 8.37. The van der Waals surface area contributed by atoms with Gasteiger partial charge >= 0.3 is 37.7 Å². The number of rotatable bonds is 20. The molecule has 0 bridgehead atoms. The summed E-state index contributed by atoms with van der Waals surface area (Å²) in [4.78, 5) is -0.763. The fourth-order valence-electron chi connectivity index (χ4n) is 5.68. The molecule has 0 fully saturated rings. The third kappa shape index (κ3) is 16.6. The van der Waals surface area contributed by atoms with Crippen molar-refractivity contribution in [2.75, 3.05) is 0 Å². The molecule has 0 saturated carbocycles. The van der Waals surface area contributed by atoms with Crippen LogP contribution in [0.5, 0.6) is 34.5 Å². The monoisotopic (exact) mass is 794 g/mol. The molecule has 4 aromatic rings. The van der Waals surface area contributed by atoms with Gasteiger partial charge in [-0.25, -0.2) is 8.42 Å². The number of phenols is 1. The summed E-state index contributed by atoms with van der Waals surface area (Å²) >= 11 is 0. The molecule has 0 spiro atoms.